The van der Waals surface area contributed by atoms with E-state index in [1.54, 1.807) is 7.11 Å². The van der Waals surface area contributed by atoms with E-state index < -0.39 is 0 Å². The van der Waals surface area contributed by atoms with Crippen LogP contribution in [0.2, 0.25) is 0 Å². The summed E-state index contributed by atoms with van der Waals surface area (Å²) in [5.74, 6) is 1.64. The number of ether oxygens (including phenoxy) is 1. The van der Waals surface area contributed by atoms with E-state index in [0.717, 1.165) is 30.1 Å². The monoisotopic (exact) mass is 222 g/mol. The lowest BCUT2D eigenvalue weighted by molar-refractivity contribution is 0.368. The first-order valence-electron chi connectivity index (χ1n) is 5.72. The highest BCUT2D eigenvalue weighted by Crippen LogP contribution is 2.28. The number of H-pyrrole nitrogens is 1. The van der Waals surface area contributed by atoms with Gasteiger partial charge in [0.25, 0.3) is 0 Å². The topological polar surface area (TPSA) is 37.9 Å². The molecule has 0 amide bonds. The third kappa shape index (κ3) is 2.65. The molecular weight excluding hydrogens is 200 g/mol. The second kappa shape index (κ2) is 4.73. The van der Waals surface area contributed by atoms with Gasteiger partial charge in [0.1, 0.15) is 17.3 Å². The largest absolute Gasteiger partial charge is 0.495 e. The molecule has 0 aliphatic heterocycles. The minimum atomic E-state index is 0.0236. The maximum Gasteiger partial charge on any atom is 0.139 e. The summed E-state index contributed by atoms with van der Waals surface area (Å²) in [5.41, 5.74) is 1.98. The maximum atomic E-state index is 5.19. The first-order chi connectivity index (χ1) is 7.40. The van der Waals surface area contributed by atoms with Gasteiger partial charge in [0.05, 0.1) is 12.8 Å². The molecule has 0 aliphatic carbocycles. The Kier molecular flexibility index (Phi) is 3.79. The number of aryl methyl sites for hydroxylation is 1. The highest BCUT2D eigenvalue weighted by molar-refractivity contribution is 5.57. The summed E-state index contributed by atoms with van der Waals surface area (Å²) < 4.78 is 5.19. The fraction of sp³-hybridized carbons (Fsp3) is 0.615. The normalized spacial score (nSPS) is 11.6. The molecule has 0 saturated carbocycles. The van der Waals surface area contributed by atoms with E-state index in [1.807, 2.05) is 0 Å². The highest BCUT2D eigenvalue weighted by atomic mass is 16.5. The zero-order valence-electron chi connectivity index (χ0n) is 11.0. The molecule has 1 aromatic heterocycles. The molecule has 0 bridgehead atoms. The lowest BCUT2D eigenvalue weighted by Crippen LogP contribution is -2.14. The number of methoxy groups -OCH3 is 1. The average Bonchev–Trinajstić information content (AvgIpc) is 2.61. The third-order valence-electron chi connectivity index (χ3n) is 2.50. The molecule has 0 spiro atoms. The fourth-order valence-electron chi connectivity index (χ4n) is 1.62. The Morgan fingerprint density at radius 2 is 2.06 bits per heavy atom. The van der Waals surface area contributed by atoms with Crippen LogP contribution in [-0.2, 0) is 16.6 Å². The average molecular weight is 222 g/mol. The van der Waals surface area contributed by atoms with E-state index in [0.29, 0.717) is 5.76 Å². The molecule has 1 N–H and O–H groups in total. The summed E-state index contributed by atoms with van der Waals surface area (Å²) in [6.07, 6.45) is 2.04. The van der Waals surface area contributed by atoms with Crippen molar-refractivity contribution in [2.24, 2.45) is 0 Å². The Balaban J connectivity index is 3.18. The van der Waals surface area contributed by atoms with Gasteiger partial charge in [0, 0.05) is 11.8 Å². The van der Waals surface area contributed by atoms with Gasteiger partial charge in [-0.15, -0.1) is 0 Å². The van der Waals surface area contributed by atoms with Crippen molar-refractivity contribution < 1.29 is 4.74 Å². The zero-order valence-corrected chi connectivity index (χ0v) is 11.0. The van der Waals surface area contributed by atoms with E-state index in [4.69, 9.17) is 4.74 Å². The smallest absolute Gasteiger partial charge is 0.139 e. The number of hydrogen-bond acceptors (Lipinski definition) is 2. The van der Waals surface area contributed by atoms with Gasteiger partial charge in [-0.2, -0.15) is 0 Å². The van der Waals surface area contributed by atoms with Crippen molar-refractivity contribution in [2.75, 3.05) is 7.11 Å². The Hall–Kier alpha value is -1.25. The number of imidazole rings is 1. The summed E-state index contributed by atoms with van der Waals surface area (Å²) in [5, 5.41) is 0. The van der Waals surface area contributed by atoms with Gasteiger partial charge in [0.15, 0.2) is 0 Å². The molecule has 1 rings (SSSR count). The molecule has 0 fully saturated rings. The quantitative estimate of drug-likeness (QED) is 0.794. The van der Waals surface area contributed by atoms with Crippen molar-refractivity contribution in [3.05, 3.63) is 23.8 Å². The molecule has 90 valence electrons. The molecule has 0 atom stereocenters. The zero-order chi connectivity index (χ0) is 12.3. The first kappa shape index (κ1) is 12.8. The lowest BCUT2D eigenvalue weighted by atomic mass is 9.90. The minimum absolute atomic E-state index is 0.0236. The molecule has 0 radical (unpaired) electrons. The molecule has 1 aromatic rings. The van der Waals surface area contributed by atoms with Crippen LogP contribution in [0, 0.1) is 0 Å². The summed E-state index contributed by atoms with van der Waals surface area (Å²) in [6.45, 7) is 12.5. The van der Waals surface area contributed by atoms with Crippen molar-refractivity contribution >= 4 is 5.76 Å². The van der Waals surface area contributed by atoms with Crippen LogP contribution in [0.15, 0.2) is 6.58 Å². The van der Waals surface area contributed by atoms with Crippen molar-refractivity contribution in [1.29, 1.82) is 0 Å². The Bertz CT molecular complexity index is 372. The number of nitrogens with one attached hydrogen (secondary N) is 1. The molecule has 0 aliphatic rings. The fourth-order valence-corrected chi connectivity index (χ4v) is 1.62. The third-order valence-corrected chi connectivity index (χ3v) is 2.50. The van der Waals surface area contributed by atoms with Crippen molar-refractivity contribution in [3.8, 4) is 0 Å². The van der Waals surface area contributed by atoms with Gasteiger partial charge >= 0.3 is 0 Å². The summed E-state index contributed by atoms with van der Waals surface area (Å²) >= 11 is 0. The molecule has 0 unspecified atom stereocenters. The van der Waals surface area contributed by atoms with E-state index in [2.05, 4.69) is 44.2 Å². The van der Waals surface area contributed by atoms with Crippen LogP contribution in [-0.4, -0.2) is 17.1 Å². The van der Waals surface area contributed by atoms with Crippen LogP contribution < -0.4 is 0 Å². The summed E-state index contributed by atoms with van der Waals surface area (Å²) in [7, 11) is 1.63. The van der Waals surface area contributed by atoms with E-state index in [1.165, 1.54) is 0 Å². The second-order valence-corrected chi connectivity index (χ2v) is 5.03. The molecule has 3 nitrogen and oxygen atoms in total. The number of rotatable bonds is 4. The first-order valence-corrected chi connectivity index (χ1v) is 5.72. The highest BCUT2D eigenvalue weighted by Gasteiger charge is 2.24. The van der Waals surface area contributed by atoms with Crippen molar-refractivity contribution in [3.63, 3.8) is 0 Å². The Morgan fingerprint density at radius 1 is 1.44 bits per heavy atom. The SMILES string of the molecule is C=C(OC)c1nc(CCC)[nH]c1C(C)(C)C. The van der Waals surface area contributed by atoms with Crippen LogP contribution >= 0.6 is 0 Å². The van der Waals surface area contributed by atoms with Crippen LogP contribution in [0.25, 0.3) is 5.76 Å². The van der Waals surface area contributed by atoms with Crippen molar-refractivity contribution in [2.45, 2.75) is 46.0 Å². The van der Waals surface area contributed by atoms with E-state index >= 15 is 0 Å². The summed E-state index contributed by atoms with van der Waals surface area (Å²) in [4.78, 5) is 7.94. The van der Waals surface area contributed by atoms with Gasteiger partial charge in [-0.05, 0) is 6.42 Å². The predicted octanol–water partition coefficient (Wildman–Crippen LogP) is 3.28. The number of aromatic nitrogens is 2. The number of nitrogens with zero attached hydrogens (tertiary/aromatic N) is 1. The maximum absolute atomic E-state index is 5.19. The molecule has 16 heavy (non-hydrogen) atoms. The van der Waals surface area contributed by atoms with Crippen LogP contribution in [0.4, 0.5) is 0 Å². The second-order valence-electron chi connectivity index (χ2n) is 5.03. The number of aromatic amines is 1. The molecule has 3 heteroatoms. The van der Waals surface area contributed by atoms with Crippen molar-refractivity contribution in [1.82, 2.24) is 9.97 Å². The minimum Gasteiger partial charge on any atom is -0.495 e. The van der Waals surface area contributed by atoms with Crippen LogP contribution in [0.5, 0.6) is 0 Å². The molecule has 0 aromatic carbocycles. The lowest BCUT2D eigenvalue weighted by Gasteiger charge is -2.18. The van der Waals surface area contributed by atoms with Gasteiger partial charge < -0.3 is 9.72 Å². The Labute approximate surface area is 97.9 Å². The van der Waals surface area contributed by atoms with Gasteiger partial charge in [-0.1, -0.05) is 34.3 Å². The van der Waals surface area contributed by atoms with Crippen LogP contribution in [0.3, 0.4) is 0 Å². The van der Waals surface area contributed by atoms with E-state index in [-0.39, 0.29) is 5.41 Å². The predicted molar refractivity (Wildman–Crippen MR) is 67.3 cm³/mol. The molecule has 0 saturated heterocycles. The molecular formula is C13H22N2O. The Morgan fingerprint density at radius 3 is 2.50 bits per heavy atom. The van der Waals surface area contributed by atoms with E-state index in [9.17, 15) is 0 Å². The van der Waals surface area contributed by atoms with Gasteiger partial charge in [-0.3, -0.25) is 0 Å². The molecule has 1 heterocycles. The van der Waals surface area contributed by atoms with Gasteiger partial charge in [0.2, 0.25) is 0 Å². The summed E-state index contributed by atoms with van der Waals surface area (Å²) in [6, 6.07) is 0. The van der Waals surface area contributed by atoms with Gasteiger partial charge in [-0.25, -0.2) is 4.98 Å². The number of hydrogen-bond donors (Lipinski definition) is 1. The standard InChI is InChI=1S/C13H22N2O/c1-7-8-10-14-11(9(2)16-6)12(15-10)13(3,4)5/h2,7-8H2,1,3-6H3,(H,14,15). The van der Waals surface area contributed by atoms with Crippen LogP contribution in [0.1, 0.15) is 51.3 Å².